The van der Waals surface area contributed by atoms with Crippen LogP contribution in [0.2, 0.25) is 0 Å². The number of nitrogens with two attached hydrogens (primary N) is 1. The summed E-state index contributed by atoms with van der Waals surface area (Å²) in [6.07, 6.45) is 0.144. The molecule has 1 amide bonds. The van der Waals surface area contributed by atoms with Crippen LogP contribution in [-0.4, -0.2) is 92.8 Å². The lowest BCUT2D eigenvalue weighted by Gasteiger charge is -2.50. The molecule has 43 heavy (non-hydrogen) atoms. The van der Waals surface area contributed by atoms with Crippen LogP contribution in [0.15, 0.2) is 46.9 Å². The molecule has 0 aromatic heterocycles. The number of phenols is 3. The van der Waals surface area contributed by atoms with Crippen LogP contribution in [0, 0.1) is 11.8 Å². The molecule has 0 unspecified atom stereocenters. The molecular formula is C30H34N4O9. The van der Waals surface area contributed by atoms with E-state index in [0.717, 1.165) is 0 Å². The number of fused-ring (bicyclic) bond motifs is 3. The topological polar surface area (TPSA) is 217 Å². The van der Waals surface area contributed by atoms with Gasteiger partial charge in [-0.05, 0) is 62.2 Å². The van der Waals surface area contributed by atoms with E-state index in [1.54, 1.807) is 45.2 Å². The minimum absolute atomic E-state index is 0.0102. The number of aliphatic hydroxyl groups is 3. The van der Waals surface area contributed by atoms with Crippen molar-refractivity contribution in [1.82, 2.24) is 4.90 Å². The molecule has 0 heterocycles. The van der Waals surface area contributed by atoms with Gasteiger partial charge in [0.25, 0.3) is 5.91 Å². The molecule has 9 N–H and O–H groups in total. The van der Waals surface area contributed by atoms with Crippen LogP contribution in [0.5, 0.6) is 17.2 Å². The van der Waals surface area contributed by atoms with Crippen LogP contribution in [-0.2, 0) is 22.6 Å². The standard InChI is InChI=1S/C30H34N4O9/c1-33(2)17-10-16(32-11-12-5-6-18(35)19(36)7-12)24(37)21-14(17)8-13-9-15-23(34(3)4)26(39)22(29(31)42)28(41)30(15,43)27(40)20(13)25(21)38/h5-7,10,13,15,23,32,35-37,39-40,43H,8-9,11H2,1-4H3,(H2,31,42)/t13-,15-,23-,30-/m1/s1. The van der Waals surface area contributed by atoms with E-state index in [1.165, 1.54) is 17.0 Å². The smallest absolute Gasteiger partial charge is 0.255 e. The monoisotopic (exact) mass is 594 g/mol. The number of aromatic hydroxyl groups is 3. The Morgan fingerprint density at radius 3 is 2.30 bits per heavy atom. The number of rotatable bonds is 6. The number of amides is 1. The fraction of sp³-hybridized carbons (Fsp3) is 0.367. The number of nitrogens with zero attached hydrogens (tertiary/aromatic N) is 2. The van der Waals surface area contributed by atoms with Gasteiger partial charge in [-0.1, -0.05) is 6.07 Å². The first kappa shape index (κ1) is 29.7. The zero-order chi connectivity index (χ0) is 31.7. The second kappa shape index (κ2) is 10.2. The van der Waals surface area contributed by atoms with E-state index in [-0.39, 0.29) is 47.7 Å². The summed E-state index contributed by atoms with van der Waals surface area (Å²) >= 11 is 0. The van der Waals surface area contributed by atoms with E-state index in [2.05, 4.69) is 5.32 Å². The number of nitrogens with one attached hydrogen (secondary N) is 1. The van der Waals surface area contributed by atoms with Crippen LogP contribution in [0.4, 0.5) is 11.4 Å². The van der Waals surface area contributed by atoms with Gasteiger partial charge in [-0.25, -0.2) is 0 Å². The Morgan fingerprint density at radius 1 is 1.05 bits per heavy atom. The summed E-state index contributed by atoms with van der Waals surface area (Å²) in [6, 6.07) is 4.82. The molecular weight excluding hydrogens is 560 g/mol. The highest BCUT2D eigenvalue weighted by molar-refractivity contribution is 6.25. The third-order valence-electron chi connectivity index (χ3n) is 8.70. The highest BCUT2D eigenvalue weighted by atomic mass is 16.3. The molecule has 0 bridgehead atoms. The zero-order valence-electron chi connectivity index (χ0n) is 24.0. The van der Waals surface area contributed by atoms with Crippen LogP contribution in [0.1, 0.15) is 27.9 Å². The normalized spacial score (nSPS) is 24.9. The van der Waals surface area contributed by atoms with Crippen LogP contribution in [0.25, 0.3) is 0 Å². The molecule has 0 spiro atoms. The number of hydrogen-bond donors (Lipinski definition) is 8. The minimum atomic E-state index is -2.72. The summed E-state index contributed by atoms with van der Waals surface area (Å²) in [5.74, 6) is -7.77. The molecule has 0 aliphatic heterocycles. The first-order valence-electron chi connectivity index (χ1n) is 13.6. The van der Waals surface area contributed by atoms with Gasteiger partial charge in [0.2, 0.25) is 5.78 Å². The summed E-state index contributed by atoms with van der Waals surface area (Å²) in [4.78, 5) is 43.0. The molecule has 4 atom stereocenters. The van der Waals surface area contributed by atoms with Gasteiger partial charge in [0.15, 0.2) is 22.9 Å². The highest BCUT2D eigenvalue weighted by Crippen LogP contribution is 2.54. The van der Waals surface area contributed by atoms with Crippen LogP contribution < -0.4 is 16.0 Å². The van der Waals surface area contributed by atoms with Crippen molar-refractivity contribution in [2.45, 2.75) is 31.0 Å². The van der Waals surface area contributed by atoms with Crippen molar-refractivity contribution in [3.05, 3.63) is 63.6 Å². The van der Waals surface area contributed by atoms with Crippen molar-refractivity contribution < 1.29 is 45.0 Å². The zero-order valence-corrected chi connectivity index (χ0v) is 24.0. The Bertz CT molecular complexity index is 1640. The molecule has 2 aromatic carbocycles. The van der Waals surface area contributed by atoms with Crippen molar-refractivity contribution in [1.29, 1.82) is 0 Å². The average molecular weight is 595 g/mol. The van der Waals surface area contributed by atoms with Gasteiger partial charge in [-0.3, -0.25) is 19.3 Å². The van der Waals surface area contributed by atoms with Crippen LogP contribution in [0.3, 0.4) is 0 Å². The Kier molecular flexibility index (Phi) is 7.06. The van der Waals surface area contributed by atoms with Gasteiger partial charge in [0.1, 0.15) is 22.8 Å². The number of aliphatic hydroxyl groups excluding tert-OH is 2. The average Bonchev–Trinajstić information content (AvgIpc) is 2.91. The maximum Gasteiger partial charge on any atom is 0.255 e. The molecule has 0 fully saturated rings. The maximum absolute atomic E-state index is 14.1. The Hall–Kier alpha value is -4.75. The highest BCUT2D eigenvalue weighted by Gasteiger charge is 2.63. The molecule has 5 rings (SSSR count). The number of likely N-dealkylation sites (N-methyl/N-ethyl adjacent to an activating group) is 1. The third kappa shape index (κ3) is 4.34. The van der Waals surface area contributed by atoms with E-state index in [0.29, 0.717) is 16.8 Å². The van der Waals surface area contributed by atoms with Crippen molar-refractivity contribution in [3.8, 4) is 17.2 Å². The summed E-state index contributed by atoms with van der Waals surface area (Å²) in [7, 11) is 6.67. The Labute approximate surface area is 246 Å². The fourth-order valence-corrected chi connectivity index (χ4v) is 6.71. The second-order valence-electron chi connectivity index (χ2n) is 11.7. The maximum atomic E-state index is 14.1. The summed E-state index contributed by atoms with van der Waals surface area (Å²) in [5.41, 5.74) is 3.25. The predicted octanol–water partition coefficient (Wildman–Crippen LogP) is 1.21. The predicted molar refractivity (Wildman–Crippen MR) is 155 cm³/mol. The van der Waals surface area contributed by atoms with Gasteiger partial charge < -0.3 is 46.6 Å². The number of carbonyl (C=O) groups excluding carboxylic acids is 3. The Morgan fingerprint density at radius 2 is 1.72 bits per heavy atom. The minimum Gasteiger partial charge on any atom is -0.510 e. The molecule has 0 saturated carbocycles. The lowest BCUT2D eigenvalue weighted by Crippen LogP contribution is -2.63. The molecule has 13 heteroatoms. The van der Waals surface area contributed by atoms with E-state index >= 15 is 0 Å². The quantitative estimate of drug-likeness (QED) is 0.175. The lowest BCUT2D eigenvalue weighted by atomic mass is 9.58. The van der Waals surface area contributed by atoms with Crippen molar-refractivity contribution >= 4 is 28.8 Å². The van der Waals surface area contributed by atoms with Gasteiger partial charge in [0, 0.05) is 37.8 Å². The number of primary amides is 1. The van der Waals surface area contributed by atoms with Crippen LogP contribution >= 0.6 is 0 Å². The first-order valence-corrected chi connectivity index (χ1v) is 13.6. The lowest BCUT2D eigenvalue weighted by molar-refractivity contribution is -0.148. The SMILES string of the molecule is CN(C)c1cc(NCc2ccc(O)c(O)c2)c(O)c2c1C[C@@H]1C[C@@H]3[C@@H](N(C)C)C(O)=C(C(N)=O)C(=O)[C@]3(O)C(O)=C1C2=O. The second-order valence-corrected chi connectivity index (χ2v) is 11.7. The first-order chi connectivity index (χ1) is 20.1. The summed E-state index contributed by atoms with van der Waals surface area (Å²) in [5, 5.41) is 68.0. The number of anilines is 2. The molecule has 228 valence electrons. The number of Topliss-reactive ketones (excluding diaryl/α,β-unsaturated/α-hetero) is 2. The van der Waals surface area contributed by atoms with E-state index < -0.39 is 63.8 Å². The molecule has 3 aliphatic carbocycles. The number of benzene rings is 2. The number of phenolic OH excluding ortho intramolecular Hbond substituents is 3. The van der Waals surface area contributed by atoms with Gasteiger partial charge in [-0.2, -0.15) is 0 Å². The largest absolute Gasteiger partial charge is 0.510 e. The molecule has 0 saturated heterocycles. The van der Waals surface area contributed by atoms with E-state index in [4.69, 9.17) is 5.73 Å². The molecule has 0 radical (unpaired) electrons. The van der Waals surface area contributed by atoms with E-state index in [9.17, 15) is 45.0 Å². The third-order valence-corrected chi connectivity index (χ3v) is 8.70. The fourth-order valence-electron chi connectivity index (χ4n) is 6.71. The molecule has 3 aliphatic rings. The van der Waals surface area contributed by atoms with Crippen molar-refractivity contribution in [2.24, 2.45) is 17.6 Å². The number of hydrogen-bond acceptors (Lipinski definition) is 12. The van der Waals surface area contributed by atoms with Gasteiger partial charge >= 0.3 is 0 Å². The summed E-state index contributed by atoms with van der Waals surface area (Å²) < 4.78 is 0. The van der Waals surface area contributed by atoms with Crippen molar-refractivity contribution in [3.63, 3.8) is 0 Å². The van der Waals surface area contributed by atoms with Gasteiger partial charge in [-0.15, -0.1) is 0 Å². The Balaban J connectivity index is 1.64. The van der Waals surface area contributed by atoms with E-state index in [1.807, 2.05) is 0 Å². The number of allylic oxidation sites excluding steroid dienone is 1. The molecule has 13 nitrogen and oxygen atoms in total. The van der Waals surface area contributed by atoms with Gasteiger partial charge in [0.05, 0.1) is 17.3 Å². The van der Waals surface area contributed by atoms with Crippen molar-refractivity contribution in [2.75, 3.05) is 38.4 Å². The number of ketones is 2. The summed E-state index contributed by atoms with van der Waals surface area (Å²) in [6.45, 7) is 0.103. The molecule has 2 aromatic rings. The number of carbonyl (C=O) groups is 3.